The van der Waals surface area contributed by atoms with Crippen molar-refractivity contribution in [1.82, 2.24) is 0 Å². The van der Waals surface area contributed by atoms with Crippen LogP contribution in [0.25, 0.3) is 0 Å². The molecule has 0 heterocycles. The summed E-state index contributed by atoms with van der Waals surface area (Å²) < 4.78 is 0. The van der Waals surface area contributed by atoms with E-state index in [1.54, 1.807) is 0 Å². The molecule has 1 N–H and O–H groups in total. The fraction of sp³-hybridized carbons (Fsp3) is 0.933. The minimum atomic E-state index is -0.610. The molecule has 1 atom stereocenters. The first-order valence-corrected chi connectivity index (χ1v) is 8.21. The lowest BCUT2D eigenvalue weighted by Crippen LogP contribution is -2.43. The van der Waals surface area contributed by atoms with Crippen LogP contribution in [0.3, 0.4) is 0 Å². The molecular formula is C15H27O2P. The highest BCUT2D eigenvalue weighted by atomic mass is 31.0. The lowest BCUT2D eigenvalue weighted by atomic mass is 9.67. The van der Waals surface area contributed by atoms with Crippen LogP contribution in [0.1, 0.15) is 70.6 Å². The van der Waals surface area contributed by atoms with E-state index in [-0.39, 0.29) is 5.16 Å². The molecule has 2 rings (SSSR count). The Hall–Kier alpha value is -0.100. The molecule has 2 aliphatic carbocycles. The molecule has 2 fully saturated rings. The Morgan fingerprint density at radius 1 is 0.944 bits per heavy atom. The quantitative estimate of drug-likeness (QED) is 0.776. The number of hydrogen-bond donors (Lipinski definition) is 1. The molecule has 0 spiro atoms. The summed E-state index contributed by atoms with van der Waals surface area (Å²) in [6.45, 7) is 0. The van der Waals surface area contributed by atoms with Crippen molar-refractivity contribution >= 4 is 15.2 Å². The molecule has 0 aromatic heterocycles. The van der Waals surface area contributed by atoms with Crippen molar-refractivity contribution in [3.8, 4) is 0 Å². The molecule has 0 amide bonds. The number of carbonyl (C=O) groups is 1. The zero-order valence-corrected chi connectivity index (χ0v) is 12.5. The summed E-state index contributed by atoms with van der Waals surface area (Å²) in [5, 5.41) is 9.28. The van der Waals surface area contributed by atoms with Gasteiger partial charge in [-0.3, -0.25) is 4.79 Å². The molecule has 0 aromatic rings. The third-order valence-electron chi connectivity index (χ3n) is 5.19. The Morgan fingerprint density at radius 2 is 1.33 bits per heavy atom. The number of carboxylic acids is 1. The maximum Gasteiger partial charge on any atom is 0.304 e. The second-order valence-electron chi connectivity index (χ2n) is 6.35. The van der Waals surface area contributed by atoms with Gasteiger partial charge in [0.05, 0.1) is 6.42 Å². The molecule has 2 nitrogen and oxygen atoms in total. The lowest BCUT2D eigenvalue weighted by molar-refractivity contribution is -0.138. The van der Waals surface area contributed by atoms with Gasteiger partial charge in [0.1, 0.15) is 0 Å². The lowest BCUT2D eigenvalue weighted by Gasteiger charge is -2.46. The summed E-state index contributed by atoms with van der Waals surface area (Å²) in [4.78, 5) is 11.3. The summed E-state index contributed by atoms with van der Waals surface area (Å²) in [6.07, 6.45) is 13.2. The van der Waals surface area contributed by atoms with Crippen LogP contribution in [-0.4, -0.2) is 16.2 Å². The van der Waals surface area contributed by atoms with E-state index in [1.807, 2.05) is 0 Å². The summed E-state index contributed by atoms with van der Waals surface area (Å²) in [5.41, 5.74) is 0. The van der Waals surface area contributed by atoms with Crippen molar-refractivity contribution in [1.29, 1.82) is 0 Å². The van der Waals surface area contributed by atoms with Crippen LogP contribution in [-0.2, 0) is 4.79 Å². The van der Waals surface area contributed by atoms with E-state index in [4.69, 9.17) is 0 Å². The second kappa shape index (κ2) is 6.37. The number of carboxylic acid groups (broad SMARTS) is 1. The molecule has 2 saturated carbocycles. The van der Waals surface area contributed by atoms with Crippen LogP contribution in [0, 0.1) is 11.8 Å². The highest BCUT2D eigenvalue weighted by molar-refractivity contribution is 7.19. The number of aliphatic carboxylic acids is 1. The third kappa shape index (κ3) is 3.26. The topological polar surface area (TPSA) is 37.3 Å². The van der Waals surface area contributed by atoms with Crippen LogP contribution in [0.5, 0.6) is 0 Å². The summed E-state index contributed by atoms with van der Waals surface area (Å²) >= 11 is 0. The highest BCUT2D eigenvalue weighted by Gasteiger charge is 2.43. The SMILES string of the molecule is O=C(O)CC(P)(C1CCCCC1)C1CCCCC1. The van der Waals surface area contributed by atoms with Gasteiger partial charge in [0.25, 0.3) is 0 Å². The van der Waals surface area contributed by atoms with Gasteiger partial charge in [-0.1, -0.05) is 38.5 Å². The second-order valence-corrected chi connectivity index (χ2v) is 7.43. The average molecular weight is 270 g/mol. The van der Waals surface area contributed by atoms with E-state index >= 15 is 0 Å². The molecule has 0 saturated heterocycles. The molecule has 0 radical (unpaired) electrons. The van der Waals surface area contributed by atoms with Gasteiger partial charge in [0.2, 0.25) is 0 Å². The molecule has 1 unspecified atom stereocenters. The summed E-state index contributed by atoms with van der Waals surface area (Å²) in [7, 11) is 3.02. The van der Waals surface area contributed by atoms with Gasteiger partial charge < -0.3 is 5.11 Å². The molecule has 0 bridgehead atoms. The minimum absolute atomic E-state index is 0.0212. The smallest absolute Gasteiger partial charge is 0.304 e. The van der Waals surface area contributed by atoms with Crippen molar-refractivity contribution in [2.45, 2.75) is 75.8 Å². The van der Waals surface area contributed by atoms with Crippen LogP contribution in [0.4, 0.5) is 0 Å². The van der Waals surface area contributed by atoms with E-state index in [2.05, 4.69) is 9.24 Å². The first-order valence-electron chi connectivity index (χ1n) is 7.63. The largest absolute Gasteiger partial charge is 0.481 e. The normalized spacial score (nSPS) is 24.1. The zero-order chi connectivity index (χ0) is 13.0. The third-order valence-corrected chi connectivity index (χ3v) is 6.33. The van der Waals surface area contributed by atoms with E-state index in [1.165, 1.54) is 64.2 Å². The molecular weight excluding hydrogens is 243 g/mol. The van der Waals surface area contributed by atoms with Crippen molar-refractivity contribution in [3.05, 3.63) is 0 Å². The zero-order valence-electron chi connectivity index (χ0n) is 11.4. The first kappa shape index (κ1) is 14.3. The Balaban J connectivity index is 2.11. The van der Waals surface area contributed by atoms with E-state index in [9.17, 15) is 9.90 Å². The van der Waals surface area contributed by atoms with E-state index < -0.39 is 5.97 Å². The minimum Gasteiger partial charge on any atom is -0.481 e. The Labute approximate surface area is 113 Å². The van der Waals surface area contributed by atoms with E-state index in [0.29, 0.717) is 18.3 Å². The number of hydrogen-bond acceptors (Lipinski definition) is 1. The number of rotatable bonds is 4. The standard InChI is InChI=1S/C15H27O2P/c16-14(17)11-15(18,12-7-3-1-4-8-12)13-9-5-2-6-10-13/h12-13H,1-11,18H2,(H,16,17). The Morgan fingerprint density at radius 3 is 1.67 bits per heavy atom. The molecule has 18 heavy (non-hydrogen) atoms. The van der Waals surface area contributed by atoms with Gasteiger partial charge in [-0.2, -0.15) is 0 Å². The molecule has 2 aliphatic rings. The van der Waals surface area contributed by atoms with Gasteiger partial charge >= 0.3 is 5.97 Å². The Kier molecular flexibility index (Phi) is 5.06. The van der Waals surface area contributed by atoms with Gasteiger partial charge in [-0.25, -0.2) is 0 Å². The Bertz CT molecular complexity index is 260. The van der Waals surface area contributed by atoms with Crippen LogP contribution in [0.2, 0.25) is 0 Å². The summed E-state index contributed by atoms with van der Waals surface area (Å²) in [5.74, 6) is 0.632. The van der Waals surface area contributed by atoms with Crippen LogP contribution in [0.15, 0.2) is 0 Å². The molecule has 0 aromatic carbocycles. The van der Waals surface area contributed by atoms with Crippen molar-refractivity contribution in [3.63, 3.8) is 0 Å². The van der Waals surface area contributed by atoms with Crippen molar-refractivity contribution in [2.75, 3.05) is 0 Å². The van der Waals surface area contributed by atoms with E-state index in [0.717, 1.165) is 0 Å². The summed E-state index contributed by atoms with van der Waals surface area (Å²) in [6, 6.07) is 0. The van der Waals surface area contributed by atoms with Crippen LogP contribution < -0.4 is 0 Å². The first-order chi connectivity index (χ1) is 8.63. The monoisotopic (exact) mass is 270 g/mol. The maximum absolute atomic E-state index is 11.3. The fourth-order valence-electron chi connectivity index (χ4n) is 4.16. The van der Waals surface area contributed by atoms with Crippen LogP contribution >= 0.6 is 9.24 Å². The van der Waals surface area contributed by atoms with Gasteiger partial charge in [-0.05, 0) is 37.5 Å². The maximum atomic E-state index is 11.3. The highest BCUT2D eigenvalue weighted by Crippen LogP contribution is 2.50. The predicted octanol–water partition coefficient (Wildman–Crippen LogP) is 4.24. The molecule has 104 valence electrons. The van der Waals surface area contributed by atoms with Gasteiger partial charge in [0.15, 0.2) is 0 Å². The van der Waals surface area contributed by atoms with Gasteiger partial charge in [-0.15, -0.1) is 9.24 Å². The van der Waals surface area contributed by atoms with Crippen molar-refractivity contribution in [2.24, 2.45) is 11.8 Å². The fourth-order valence-corrected chi connectivity index (χ4v) is 5.01. The van der Waals surface area contributed by atoms with Crippen molar-refractivity contribution < 1.29 is 9.90 Å². The predicted molar refractivity (Wildman–Crippen MR) is 77.8 cm³/mol. The van der Waals surface area contributed by atoms with Gasteiger partial charge in [0, 0.05) is 5.16 Å². The molecule has 3 heteroatoms. The average Bonchev–Trinajstić information content (AvgIpc) is 2.40. The molecule has 0 aliphatic heterocycles.